The fourth-order valence-electron chi connectivity index (χ4n) is 4.52. The summed E-state index contributed by atoms with van der Waals surface area (Å²) in [7, 11) is 0. The number of nitrogens with one attached hydrogen (secondary N) is 1. The van der Waals surface area contributed by atoms with E-state index in [0.29, 0.717) is 37.6 Å². The van der Waals surface area contributed by atoms with Crippen LogP contribution in [-0.2, 0) is 16.0 Å². The van der Waals surface area contributed by atoms with Crippen molar-refractivity contribution < 1.29 is 18.7 Å². The van der Waals surface area contributed by atoms with Crippen LogP contribution in [0.25, 0.3) is 0 Å². The summed E-state index contributed by atoms with van der Waals surface area (Å²) in [4.78, 5) is 27.9. The number of carbonyl (C=O) groups is 2. The number of amides is 2. The van der Waals surface area contributed by atoms with Crippen LogP contribution in [0.2, 0.25) is 0 Å². The molecule has 34 heavy (non-hydrogen) atoms. The van der Waals surface area contributed by atoms with Crippen LogP contribution in [0.5, 0.6) is 5.75 Å². The molecule has 2 aromatic carbocycles. The van der Waals surface area contributed by atoms with E-state index in [1.165, 1.54) is 25.0 Å². The molecule has 1 saturated carbocycles. The van der Waals surface area contributed by atoms with Gasteiger partial charge in [0.2, 0.25) is 5.91 Å². The maximum absolute atomic E-state index is 14.2. The summed E-state index contributed by atoms with van der Waals surface area (Å²) < 4.78 is 20.3. The molecule has 2 aromatic rings. The van der Waals surface area contributed by atoms with Crippen LogP contribution in [0.4, 0.5) is 4.39 Å². The average molecular weight is 467 g/mol. The molecule has 1 N–H and O–H groups in total. The van der Waals surface area contributed by atoms with Crippen LogP contribution in [0.3, 0.4) is 0 Å². The van der Waals surface area contributed by atoms with E-state index in [1.54, 1.807) is 6.07 Å². The Morgan fingerprint density at radius 2 is 1.94 bits per heavy atom. The molecule has 0 bridgehead atoms. The number of rotatable bonds is 7. The molecule has 1 aliphatic heterocycles. The van der Waals surface area contributed by atoms with Crippen LogP contribution in [0.1, 0.15) is 69.7 Å². The Hall–Kier alpha value is -2.89. The minimum absolute atomic E-state index is 0.0182. The van der Waals surface area contributed by atoms with Crippen LogP contribution < -0.4 is 10.1 Å². The van der Waals surface area contributed by atoms with Gasteiger partial charge in [-0.15, -0.1) is 0 Å². The zero-order valence-corrected chi connectivity index (χ0v) is 20.6. The number of hydrogen-bond acceptors (Lipinski definition) is 3. The van der Waals surface area contributed by atoms with Crippen LogP contribution >= 0.6 is 0 Å². The highest BCUT2D eigenvalue weighted by atomic mass is 19.1. The summed E-state index contributed by atoms with van der Waals surface area (Å²) >= 11 is 0. The molecule has 2 amide bonds. The van der Waals surface area contributed by atoms with E-state index < -0.39 is 17.6 Å². The van der Waals surface area contributed by atoms with Crippen LogP contribution in [-0.4, -0.2) is 35.9 Å². The first-order valence-corrected chi connectivity index (χ1v) is 12.3. The molecule has 0 radical (unpaired) electrons. The number of hydrogen-bond donors (Lipinski definition) is 1. The minimum atomic E-state index is -0.583. The van der Waals surface area contributed by atoms with E-state index in [-0.39, 0.29) is 17.6 Å². The standard InChI is InChI=1S/C28H35FN2O3/c1-5-24(26(32)30-17-18-9-10-18)34-22-12-11-19-13-14-31(27(33)28(2,3)4)25(23(19)16-22)20-7-6-8-21(29)15-20/h6-8,11-12,15-16,18,24-25H,5,9-10,13-14,17H2,1-4H3,(H,30,32)/t24-,25+/m1/s1. The van der Waals surface area contributed by atoms with E-state index in [9.17, 15) is 14.0 Å². The molecule has 1 aliphatic carbocycles. The number of fused-ring (bicyclic) bond motifs is 1. The van der Waals surface area contributed by atoms with Gasteiger partial charge in [0.25, 0.3) is 5.91 Å². The van der Waals surface area contributed by atoms with Gasteiger partial charge in [-0.3, -0.25) is 9.59 Å². The first kappa shape index (κ1) is 24.2. The number of benzene rings is 2. The molecular formula is C28H35FN2O3. The Balaban J connectivity index is 1.66. The summed E-state index contributed by atoms with van der Waals surface area (Å²) in [5, 5.41) is 3.00. The quantitative estimate of drug-likeness (QED) is 0.623. The second-order valence-corrected chi connectivity index (χ2v) is 10.5. The SMILES string of the molecule is CC[C@@H](Oc1ccc2c(c1)[C@H](c1cccc(F)c1)N(C(=O)C(C)(C)C)CC2)C(=O)NCC1CC1. The van der Waals surface area contributed by atoms with Crippen molar-refractivity contribution in [3.8, 4) is 5.75 Å². The summed E-state index contributed by atoms with van der Waals surface area (Å²) in [6, 6.07) is 11.8. The lowest BCUT2D eigenvalue weighted by Gasteiger charge is -2.41. The third-order valence-corrected chi connectivity index (χ3v) is 6.62. The predicted molar refractivity (Wildman–Crippen MR) is 130 cm³/mol. The summed E-state index contributed by atoms with van der Waals surface area (Å²) in [5.74, 6) is 0.767. The molecule has 0 spiro atoms. The van der Waals surface area contributed by atoms with Crippen molar-refractivity contribution in [2.24, 2.45) is 11.3 Å². The van der Waals surface area contributed by atoms with Gasteiger partial charge >= 0.3 is 0 Å². The zero-order chi connectivity index (χ0) is 24.5. The highest BCUT2D eigenvalue weighted by Crippen LogP contribution is 2.39. The smallest absolute Gasteiger partial charge is 0.261 e. The van der Waals surface area contributed by atoms with Gasteiger partial charge in [-0.1, -0.05) is 45.9 Å². The fourth-order valence-corrected chi connectivity index (χ4v) is 4.52. The van der Waals surface area contributed by atoms with Crippen LogP contribution in [0, 0.1) is 17.2 Å². The first-order valence-electron chi connectivity index (χ1n) is 12.3. The Morgan fingerprint density at radius 3 is 2.59 bits per heavy atom. The van der Waals surface area contributed by atoms with Crippen molar-refractivity contribution in [2.45, 2.75) is 65.5 Å². The first-order chi connectivity index (χ1) is 16.2. The summed E-state index contributed by atoms with van der Waals surface area (Å²) in [6.45, 7) is 8.90. The highest BCUT2D eigenvalue weighted by Gasteiger charge is 2.37. The molecule has 4 rings (SSSR count). The van der Waals surface area contributed by atoms with Gasteiger partial charge in [0.1, 0.15) is 11.6 Å². The normalized spacial score (nSPS) is 18.7. The Kier molecular flexibility index (Phi) is 6.96. The molecule has 5 nitrogen and oxygen atoms in total. The molecule has 2 aliphatic rings. The highest BCUT2D eigenvalue weighted by molar-refractivity contribution is 5.83. The summed E-state index contributed by atoms with van der Waals surface area (Å²) in [6.07, 6.45) is 3.03. The number of ether oxygens (including phenoxy) is 1. The van der Waals surface area contributed by atoms with Gasteiger partial charge in [-0.2, -0.15) is 0 Å². The molecule has 1 fully saturated rings. The fraction of sp³-hybridized carbons (Fsp3) is 0.500. The van der Waals surface area contributed by atoms with Gasteiger partial charge in [0, 0.05) is 18.5 Å². The minimum Gasteiger partial charge on any atom is -0.481 e. The lowest BCUT2D eigenvalue weighted by molar-refractivity contribution is -0.141. The average Bonchev–Trinajstić information content (AvgIpc) is 3.63. The monoisotopic (exact) mass is 466 g/mol. The van der Waals surface area contributed by atoms with Crippen molar-refractivity contribution in [3.63, 3.8) is 0 Å². The van der Waals surface area contributed by atoms with Crippen molar-refractivity contribution >= 4 is 11.8 Å². The molecular weight excluding hydrogens is 431 g/mol. The maximum atomic E-state index is 14.2. The second-order valence-electron chi connectivity index (χ2n) is 10.5. The van der Waals surface area contributed by atoms with E-state index in [0.717, 1.165) is 16.7 Å². The summed E-state index contributed by atoms with van der Waals surface area (Å²) in [5.41, 5.74) is 2.18. The Morgan fingerprint density at radius 1 is 1.18 bits per heavy atom. The van der Waals surface area contributed by atoms with Crippen molar-refractivity contribution in [1.82, 2.24) is 10.2 Å². The van der Waals surface area contributed by atoms with Crippen molar-refractivity contribution in [2.75, 3.05) is 13.1 Å². The Labute approximate surface area is 201 Å². The van der Waals surface area contributed by atoms with E-state index in [1.807, 2.05) is 56.9 Å². The second kappa shape index (κ2) is 9.77. The Bertz CT molecular complexity index is 1060. The predicted octanol–water partition coefficient (Wildman–Crippen LogP) is 5.03. The molecule has 0 aromatic heterocycles. The number of nitrogens with zero attached hydrogens (tertiary/aromatic N) is 1. The van der Waals surface area contributed by atoms with Gasteiger partial charge in [-0.05, 0) is 72.6 Å². The number of halogens is 1. The zero-order valence-electron chi connectivity index (χ0n) is 20.6. The molecule has 182 valence electrons. The lowest BCUT2D eigenvalue weighted by Crippen LogP contribution is -2.45. The largest absolute Gasteiger partial charge is 0.481 e. The molecule has 1 heterocycles. The van der Waals surface area contributed by atoms with Crippen LogP contribution in [0.15, 0.2) is 42.5 Å². The van der Waals surface area contributed by atoms with Gasteiger partial charge < -0.3 is 15.0 Å². The van der Waals surface area contributed by atoms with Gasteiger partial charge in [0.05, 0.1) is 6.04 Å². The molecule has 0 saturated heterocycles. The molecule has 6 heteroatoms. The van der Waals surface area contributed by atoms with Crippen molar-refractivity contribution in [3.05, 3.63) is 65.0 Å². The molecule has 0 unspecified atom stereocenters. The van der Waals surface area contributed by atoms with Gasteiger partial charge in [0.15, 0.2) is 6.10 Å². The topological polar surface area (TPSA) is 58.6 Å². The maximum Gasteiger partial charge on any atom is 0.261 e. The lowest BCUT2D eigenvalue weighted by atomic mass is 9.85. The number of carbonyl (C=O) groups excluding carboxylic acids is 2. The molecule has 2 atom stereocenters. The third kappa shape index (κ3) is 5.43. The van der Waals surface area contributed by atoms with E-state index in [2.05, 4.69) is 5.32 Å². The van der Waals surface area contributed by atoms with Crippen molar-refractivity contribution in [1.29, 1.82) is 0 Å². The van der Waals surface area contributed by atoms with Gasteiger partial charge in [-0.25, -0.2) is 4.39 Å². The van der Waals surface area contributed by atoms with E-state index in [4.69, 9.17) is 4.74 Å². The van der Waals surface area contributed by atoms with E-state index >= 15 is 0 Å². The third-order valence-electron chi connectivity index (χ3n) is 6.62.